The van der Waals surface area contributed by atoms with Gasteiger partial charge in [0.25, 0.3) is 0 Å². The van der Waals surface area contributed by atoms with Gasteiger partial charge in [0.1, 0.15) is 0 Å². The fourth-order valence-corrected chi connectivity index (χ4v) is 3.06. The number of carboxylic acids is 1. The topological polar surface area (TPSA) is 49.3 Å². The number of aliphatic carboxylic acids is 1. The molecule has 2 fully saturated rings. The van der Waals surface area contributed by atoms with Crippen molar-refractivity contribution in [2.75, 3.05) is 7.05 Å². The summed E-state index contributed by atoms with van der Waals surface area (Å²) in [4.78, 5) is 10.9. The first-order chi connectivity index (χ1) is 5.74. The standard InChI is InChI=1S/C9H15NO2/c1-10-8-6-3-2-5(4-6)7(8)9(11)12/h5-8,10H,2-4H2,1H3,(H,11,12)/t5-,6+,7-,8+/m0/s1. The van der Waals surface area contributed by atoms with Gasteiger partial charge < -0.3 is 10.4 Å². The molecule has 2 aliphatic carbocycles. The van der Waals surface area contributed by atoms with E-state index in [1.165, 1.54) is 6.42 Å². The molecule has 68 valence electrons. The molecule has 2 N–H and O–H groups in total. The Morgan fingerprint density at radius 1 is 1.42 bits per heavy atom. The van der Waals surface area contributed by atoms with Crippen molar-refractivity contribution in [2.45, 2.75) is 25.3 Å². The Kier molecular flexibility index (Phi) is 1.83. The fourth-order valence-electron chi connectivity index (χ4n) is 3.06. The van der Waals surface area contributed by atoms with Crippen molar-refractivity contribution in [2.24, 2.45) is 17.8 Å². The summed E-state index contributed by atoms with van der Waals surface area (Å²) < 4.78 is 0. The lowest BCUT2D eigenvalue weighted by atomic mass is 9.84. The first-order valence-electron chi connectivity index (χ1n) is 4.64. The molecule has 12 heavy (non-hydrogen) atoms. The van der Waals surface area contributed by atoms with Crippen molar-refractivity contribution >= 4 is 5.97 Å². The van der Waals surface area contributed by atoms with Gasteiger partial charge in [0.15, 0.2) is 0 Å². The highest BCUT2D eigenvalue weighted by Gasteiger charge is 2.50. The predicted molar refractivity (Wildman–Crippen MR) is 44.8 cm³/mol. The normalized spacial score (nSPS) is 45.1. The number of hydrogen-bond acceptors (Lipinski definition) is 2. The van der Waals surface area contributed by atoms with E-state index in [9.17, 15) is 4.79 Å². The summed E-state index contributed by atoms with van der Waals surface area (Å²) >= 11 is 0. The summed E-state index contributed by atoms with van der Waals surface area (Å²) in [5.74, 6) is 0.348. The van der Waals surface area contributed by atoms with Gasteiger partial charge in [-0.2, -0.15) is 0 Å². The van der Waals surface area contributed by atoms with E-state index in [0.29, 0.717) is 11.8 Å². The largest absolute Gasteiger partial charge is 0.481 e. The third-order valence-corrected chi connectivity index (χ3v) is 3.53. The van der Waals surface area contributed by atoms with Crippen LogP contribution in [0.3, 0.4) is 0 Å². The van der Waals surface area contributed by atoms with Gasteiger partial charge in [0.2, 0.25) is 0 Å². The van der Waals surface area contributed by atoms with Gasteiger partial charge in [0.05, 0.1) is 5.92 Å². The summed E-state index contributed by atoms with van der Waals surface area (Å²) in [5, 5.41) is 12.1. The Morgan fingerprint density at radius 2 is 2.08 bits per heavy atom. The lowest BCUT2D eigenvalue weighted by molar-refractivity contribution is -0.144. The van der Waals surface area contributed by atoms with Gasteiger partial charge in [-0.05, 0) is 38.1 Å². The molecule has 0 aliphatic heterocycles. The number of carbonyl (C=O) groups is 1. The molecule has 3 nitrogen and oxygen atoms in total. The lowest BCUT2D eigenvalue weighted by Gasteiger charge is -2.27. The zero-order chi connectivity index (χ0) is 8.72. The van der Waals surface area contributed by atoms with Crippen LogP contribution in [0.2, 0.25) is 0 Å². The van der Waals surface area contributed by atoms with E-state index in [-0.39, 0.29) is 12.0 Å². The zero-order valence-electron chi connectivity index (χ0n) is 7.29. The number of rotatable bonds is 2. The van der Waals surface area contributed by atoms with E-state index in [0.717, 1.165) is 12.8 Å². The van der Waals surface area contributed by atoms with Crippen LogP contribution >= 0.6 is 0 Å². The highest BCUT2D eigenvalue weighted by atomic mass is 16.4. The molecular weight excluding hydrogens is 154 g/mol. The van der Waals surface area contributed by atoms with Crippen LogP contribution in [0.1, 0.15) is 19.3 Å². The number of hydrogen-bond donors (Lipinski definition) is 2. The Hall–Kier alpha value is -0.570. The highest BCUT2D eigenvalue weighted by Crippen LogP contribution is 2.48. The molecule has 2 aliphatic rings. The third kappa shape index (κ3) is 0.959. The Bertz CT molecular complexity index is 205. The monoisotopic (exact) mass is 169 g/mol. The molecule has 4 atom stereocenters. The first kappa shape index (κ1) is 8.05. The molecule has 0 saturated heterocycles. The maximum Gasteiger partial charge on any atom is 0.308 e. The van der Waals surface area contributed by atoms with Crippen molar-refractivity contribution in [3.8, 4) is 0 Å². The SMILES string of the molecule is CN[C@@H]1[C@@H]2CC[C@@H](C2)[C@@H]1C(=O)O. The Labute approximate surface area is 72.2 Å². The quantitative estimate of drug-likeness (QED) is 0.640. The molecule has 0 aromatic rings. The minimum atomic E-state index is -0.610. The van der Waals surface area contributed by atoms with E-state index in [4.69, 9.17) is 5.11 Å². The van der Waals surface area contributed by atoms with Crippen molar-refractivity contribution in [3.05, 3.63) is 0 Å². The molecule has 0 spiro atoms. The first-order valence-corrected chi connectivity index (χ1v) is 4.64. The van der Waals surface area contributed by atoms with Gasteiger partial charge in [-0.25, -0.2) is 0 Å². The van der Waals surface area contributed by atoms with Crippen molar-refractivity contribution < 1.29 is 9.90 Å². The molecular formula is C9H15NO2. The highest BCUT2D eigenvalue weighted by molar-refractivity contribution is 5.72. The van der Waals surface area contributed by atoms with Crippen molar-refractivity contribution in [1.29, 1.82) is 0 Å². The van der Waals surface area contributed by atoms with Crippen LogP contribution < -0.4 is 5.32 Å². The average molecular weight is 169 g/mol. The predicted octanol–water partition coefficient (Wildman–Crippen LogP) is 0.705. The molecule has 3 heteroatoms. The second-order valence-corrected chi connectivity index (χ2v) is 4.01. The summed E-state index contributed by atoms with van der Waals surface area (Å²) in [6.45, 7) is 0. The van der Waals surface area contributed by atoms with Gasteiger partial charge in [-0.3, -0.25) is 4.79 Å². The van der Waals surface area contributed by atoms with Crippen LogP contribution in [0, 0.1) is 17.8 Å². The molecule has 0 aromatic carbocycles. The number of carboxylic acid groups (broad SMARTS) is 1. The van der Waals surface area contributed by atoms with Gasteiger partial charge in [-0.1, -0.05) is 0 Å². The van der Waals surface area contributed by atoms with E-state index in [1.807, 2.05) is 7.05 Å². The fraction of sp³-hybridized carbons (Fsp3) is 0.889. The van der Waals surface area contributed by atoms with E-state index >= 15 is 0 Å². The van der Waals surface area contributed by atoms with E-state index in [2.05, 4.69) is 5.32 Å². The number of fused-ring (bicyclic) bond motifs is 2. The second kappa shape index (κ2) is 2.73. The molecule has 2 saturated carbocycles. The zero-order valence-corrected chi connectivity index (χ0v) is 7.29. The summed E-state index contributed by atoms with van der Waals surface area (Å²) in [5.41, 5.74) is 0. The lowest BCUT2D eigenvalue weighted by Crippen LogP contribution is -2.42. The third-order valence-electron chi connectivity index (χ3n) is 3.53. The molecule has 0 aromatic heterocycles. The molecule has 0 heterocycles. The molecule has 0 unspecified atom stereocenters. The van der Waals surface area contributed by atoms with Crippen LogP contribution in [0.4, 0.5) is 0 Å². The van der Waals surface area contributed by atoms with Crippen LogP contribution in [0.5, 0.6) is 0 Å². The van der Waals surface area contributed by atoms with Crippen molar-refractivity contribution in [3.63, 3.8) is 0 Å². The summed E-state index contributed by atoms with van der Waals surface area (Å²) in [7, 11) is 1.88. The molecule has 0 amide bonds. The second-order valence-electron chi connectivity index (χ2n) is 4.01. The Balaban J connectivity index is 2.16. The molecule has 2 rings (SSSR count). The van der Waals surface area contributed by atoms with E-state index in [1.54, 1.807) is 0 Å². The van der Waals surface area contributed by atoms with E-state index < -0.39 is 5.97 Å². The van der Waals surface area contributed by atoms with Crippen LogP contribution in [0.15, 0.2) is 0 Å². The van der Waals surface area contributed by atoms with Gasteiger partial charge in [-0.15, -0.1) is 0 Å². The van der Waals surface area contributed by atoms with Gasteiger partial charge in [0, 0.05) is 6.04 Å². The minimum Gasteiger partial charge on any atom is -0.481 e. The van der Waals surface area contributed by atoms with Crippen LogP contribution in [-0.4, -0.2) is 24.2 Å². The smallest absolute Gasteiger partial charge is 0.308 e. The summed E-state index contributed by atoms with van der Waals surface area (Å²) in [6, 6.07) is 0.237. The van der Waals surface area contributed by atoms with Crippen molar-refractivity contribution in [1.82, 2.24) is 5.32 Å². The maximum atomic E-state index is 10.9. The molecule has 2 bridgehead atoms. The van der Waals surface area contributed by atoms with Crippen LogP contribution in [0.25, 0.3) is 0 Å². The molecule has 0 radical (unpaired) electrons. The number of nitrogens with one attached hydrogen (secondary N) is 1. The van der Waals surface area contributed by atoms with Gasteiger partial charge >= 0.3 is 5.97 Å². The maximum absolute atomic E-state index is 10.9. The summed E-state index contributed by atoms with van der Waals surface area (Å²) in [6.07, 6.45) is 3.47. The Morgan fingerprint density at radius 3 is 2.58 bits per heavy atom. The minimum absolute atomic E-state index is 0.117. The van der Waals surface area contributed by atoms with Crippen LogP contribution in [-0.2, 0) is 4.79 Å². The average Bonchev–Trinajstić information content (AvgIpc) is 2.60.